The molecule has 0 fully saturated rings. The topological polar surface area (TPSA) is 86.8 Å². The first kappa shape index (κ1) is 27.4. The van der Waals surface area contributed by atoms with Crippen molar-refractivity contribution in [1.29, 1.82) is 0 Å². The molecule has 0 saturated carbocycles. The maximum Gasteiger partial charge on any atom is 0.264 e. The summed E-state index contributed by atoms with van der Waals surface area (Å²) in [6, 6.07) is 23.7. The van der Waals surface area contributed by atoms with Crippen molar-refractivity contribution in [2.24, 2.45) is 0 Å². The third kappa shape index (κ3) is 6.73. The molecule has 7 nitrogen and oxygen atoms in total. The molecule has 0 saturated heterocycles. The van der Waals surface area contributed by atoms with Gasteiger partial charge in [0.25, 0.3) is 10.0 Å². The van der Waals surface area contributed by atoms with Crippen molar-refractivity contribution < 1.29 is 18.0 Å². The number of nitrogens with zero attached hydrogens (tertiary/aromatic N) is 2. The molecule has 0 aliphatic heterocycles. The molecule has 0 unspecified atom stereocenters. The van der Waals surface area contributed by atoms with Crippen LogP contribution in [-0.4, -0.2) is 51.3 Å². The van der Waals surface area contributed by atoms with Crippen LogP contribution in [0, 0.1) is 0 Å². The summed E-state index contributed by atoms with van der Waals surface area (Å²) in [6.07, 6.45) is 0.922. The monoisotopic (exact) mass is 571 g/mol. The largest absolute Gasteiger partial charge is 0.357 e. The van der Waals surface area contributed by atoms with E-state index in [9.17, 15) is 18.0 Å². The zero-order chi connectivity index (χ0) is 26.1. The van der Waals surface area contributed by atoms with E-state index in [1.807, 2.05) is 37.3 Å². The van der Waals surface area contributed by atoms with Crippen molar-refractivity contribution >= 4 is 43.5 Å². The van der Waals surface area contributed by atoms with Gasteiger partial charge >= 0.3 is 0 Å². The van der Waals surface area contributed by atoms with Gasteiger partial charge in [-0.2, -0.15) is 0 Å². The van der Waals surface area contributed by atoms with E-state index in [2.05, 4.69) is 21.2 Å². The Morgan fingerprint density at radius 2 is 1.58 bits per heavy atom. The van der Waals surface area contributed by atoms with Gasteiger partial charge in [-0.25, -0.2) is 8.42 Å². The van der Waals surface area contributed by atoms with Gasteiger partial charge < -0.3 is 10.2 Å². The average molecular weight is 573 g/mol. The number of nitrogens with one attached hydrogen (secondary N) is 1. The molecule has 0 spiro atoms. The minimum absolute atomic E-state index is 0.0759. The van der Waals surface area contributed by atoms with Crippen LogP contribution in [-0.2, 0) is 26.0 Å². The number of hydrogen-bond acceptors (Lipinski definition) is 4. The fourth-order valence-corrected chi connectivity index (χ4v) is 5.76. The Kier molecular flexibility index (Phi) is 9.66. The number of carbonyl (C=O) groups is 2. The van der Waals surface area contributed by atoms with Crippen LogP contribution in [0.15, 0.2) is 94.3 Å². The molecule has 0 aliphatic rings. The maximum absolute atomic E-state index is 13.8. The lowest BCUT2D eigenvalue weighted by molar-refractivity contribution is -0.139. The molecule has 3 aromatic carbocycles. The van der Waals surface area contributed by atoms with Crippen LogP contribution < -0.4 is 9.62 Å². The highest BCUT2D eigenvalue weighted by atomic mass is 79.9. The first-order valence-electron chi connectivity index (χ1n) is 11.7. The van der Waals surface area contributed by atoms with E-state index in [1.165, 1.54) is 24.1 Å². The van der Waals surface area contributed by atoms with E-state index in [0.29, 0.717) is 23.0 Å². The summed E-state index contributed by atoms with van der Waals surface area (Å²) >= 11 is 3.39. The number of benzene rings is 3. The number of rotatable bonds is 11. The summed E-state index contributed by atoms with van der Waals surface area (Å²) in [7, 11) is -2.53. The maximum atomic E-state index is 13.8. The Labute approximate surface area is 221 Å². The van der Waals surface area contributed by atoms with Crippen molar-refractivity contribution in [3.8, 4) is 0 Å². The molecule has 3 rings (SSSR count). The van der Waals surface area contributed by atoms with Gasteiger partial charge in [0.2, 0.25) is 11.8 Å². The molecule has 0 heterocycles. The fourth-order valence-electron chi connectivity index (χ4n) is 3.94. The SMILES string of the molecule is CC[C@H](C(=O)NC)N(CCc1ccccc1)C(=O)CN(c1cccc(Br)c1)S(=O)(=O)c1ccccc1. The lowest BCUT2D eigenvalue weighted by Gasteiger charge is -2.33. The second kappa shape index (κ2) is 12.7. The highest BCUT2D eigenvalue weighted by Gasteiger charge is 2.33. The summed E-state index contributed by atoms with van der Waals surface area (Å²) in [5.41, 5.74) is 1.36. The van der Waals surface area contributed by atoms with E-state index in [1.54, 1.807) is 42.5 Å². The van der Waals surface area contributed by atoms with Crippen LogP contribution in [0.4, 0.5) is 5.69 Å². The molecule has 36 heavy (non-hydrogen) atoms. The third-order valence-corrected chi connectivity index (χ3v) is 8.10. The summed E-state index contributed by atoms with van der Waals surface area (Å²) in [6.45, 7) is 1.65. The summed E-state index contributed by atoms with van der Waals surface area (Å²) in [5, 5.41) is 2.63. The van der Waals surface area contributed by atoms with Gasteiger partial charge in [-0.3, -0.25) is 13.9 Å². The second-order valence-electron chi connectivity index (χ2n) is 8.17. The van der Waals surface area contributed by atoms with E-state index < -0.39 is 28.5 Å². The Morgan fingerprint density at radius 1 is 0.944 bits per heavy atom. The number of sulfonamides is 1. The van der Waals surface area contributed by atoms with Crippen molar-refractivity contribution in [2.45, 2.75) is 30.7 Å². The molecule has 1 N–H and O–H groups in total. The van der Waals surface area contributed by atoms with Gasteiger partial charge in [0.15, 0.2) is 0 Å². The Bertz CT molecular complexity index is 1270. The highest BCUT2D eigenvalue weighted by Crippen LogP contribution is 2.27. The molecule has 0 radical (unpaired) electrons. The summed E-state index contributed by atoms with van der Waals surface area (Å²) in [5.74, 6) is -0.750. The first-order chi connectivity index (χ1) is 17.3. The van der Waals surface area contributed by atoms with E-state index in [-0.39, 0.29) is 17.3 Å². The minimum atomic E-state index is -4.06. The fraction of sp³-hybridized carbons (Fsp3) is 0.259. The molecule has 0 bridgehead atoms. The van der Waals surface area contributed by atoms with Gasteiger partial charge in [-0.15, -0.1) is 0 Å². The van der Waals surface area contributed by atoms with E-state index >= 15 is 0 Å². The molecule has 0 aliphatic carbocycles. The van der Waals surface area contributed by atoms with E-state index in [0.717, 1.165) is 9.87 Å². The summed E-state index contributed by atoms with van der Waals surface area (Å²) in [4.78, 5) is 28.0. The van der Waals surface area contributed by atoms with Crippen molar-refractivity contribution in [2.75, 3.05) is 24.4 Å². The highest BCUT2D eigenvalue weighted by molar-refractivity contribution is 9.10. The molecule has 0 aromatic heterocycles. The van der Waals surface area contributed by atoms with Crippen molar-refractivity contribution in [3.63, 3.8) is 0 Å². The lowest BCUT2D eigenvalue weighted by atomic mass is 10.1. The van der Waals surface area contributed by atoms with Gasteiger partial charge in [-0.1, -0.05) is 77.5 Å². The Morgan fingerprint density at radius 3 is 2.17 bits per heavy atom. The number of amides is 2. The molecule has 1 atom stereocenters. The van der Waals surface area contributed by atoms with Gasteiger partial charge in [-0.05, 0) is 48.7 Å². The lowest BCUT2D eigenvalue weighted by Crippen LogP contribution is -2.52. The van der Waals surface area contributed by atoms with E-state index in [4.69, 9.17) is 0 Å². The predicted molar refractivity (Wildman–Crippen MR) is 145 cm³/mol. The number of carbonyl (C=O) groups excluding carboxylic acids is 2. The molecule has 2 amide bonds. The number of likely N-dealkylation sites (N-methyl/N-ethyl adjacent to an activating group) is 1. The zero-order valence-electron chi connectivity index (χ0n) is 20.3. The second-order valence-corrected chi connectivity index (χ2v) is 10.9. The number of anilines is 1. The van der Waals surface area contributed by atoms with Crippen LogP contribution >= 0.6 is 15.9 Å². The number of halogens is 1. The quantitative estimate of drug-likeness (QED) is 0.373. The smallest absolute Gasteiger partial charge is 0.264 e. The normalized spacial score (nSPS) is 12.0. The Balaban J connectivity index is 1.99. The molecule has 190 valence electrons. The molecular weight excluding hydrogens is 542 g/mol. The van der Waals surface area contributed by atoms with Crippen LogP contribution in [0.5, 0.6) is 0 Å². The Hall–Kier alpha value is -3.17. The summed E-state index contributed by atoms with van der Waals surface area (Å²) < 4.78 is 29.1. The molecule has 3 aromatic rings. The van der Waals surface area contributed by atoms with Gasteiger partial charge in [0, 0.05) is 18.1 Å². The predicted octanol–water partition coefficient (Wildman–Crippen LogP) is 4.24. The average Bonchev–Trinajstić information content (AvgIpc) is 2.90. The van der Waals surface area contributed by atoms with Gasteiger partial charge in [0.1, 0.15) is 12.6 Å². The third-order valence-electron chi connectivity index (χ3n) is 5.82. The van der Waals surface area contributed by atoms with Crippen LogP contribution in [0.1, 0.15) is 18.9 Å². The van der Waals surface area contributed by atoms with Crippen molar-refractivity contribution in [1.82, 2.24) is 10.2 Å². The van der Waals surface area contributed by atoms with Crippen molar-refractivity contribution in [3.05, 3.63) is 95.0 Å². The minimum Gasteiger partial charge on any atom is -0.357 e. The van der Waals surface area contributed by atoms with Gasteiger partial charge in [0.05, 0.1) is 10.6 Å². The van der Waals surface area contributed by atoms with Crippen LogP contribution in [0.2, 0.25) is 0 Å². The van der Waals surface area contributed by atoms with Crippen LogP contribution in [0.25, 0.3) is 0 Å². The zero-order valence-corrected chi connectivity index (χ0v) is 22.7. The standard InChI is InChI=1S/C27H30BrN3O4S/c1-3-25(27(33)29-2)30(18-17-21-11-6-4-7-12-21)26(32)20-31(23-14-10-13-22(28)19-23)36(34,35)24-15-8-5-9-16-24/h4-16,19,25H,3,17-18,20H2,1-2H3,(H,29,33)/t25-/m1/s1. The first-order valence-corrected chi connectivity index (χ1v) is 13.9. The number of hydrogen-bond donors (Lipinski definition) is 1. The molecule has 9 heteroatoms. The molecular formula is C27H30BrN3O4S. The van der Waals surface area contributed by atoms with Crippen LogP contribution in [0.3, 0.4) is 0 Å².